The molecule has 2 nitrogen and oxygen atoms in total. The van der Waals surface area contributed by atoms with Crippen molar-refractivity contribution >= 4 is 0 Å². The number of hydrogen-bond acceptors (Lipinski definition) is 2. The van der Waals surface area contributed by atoms with Crippen LogP contribution in [-0.4, -0.2) is 17.1 Å². The van der Waals surface area contributed by atoms with Crippen LogP contribution in [0.15, 0.2) is 24.5 Å². The number of pyridine rings is 1. The number of aromatic nitrogens is 1. The Hall–Kier alpha value is -0.890. The molecule has 0 radical (unpaired) electrons. The first-order valence-electron chi connectivity index (χ1n) is 6.37. The fourth-order valence-electron chi connectivity index (χ4n) is 1.97. The number of rotatable bonds is 7. The van der Waals surface area contributed by atoms with Crippen molar-refractivity contribution < 1.29 is 0 Å². The summed E-state index contributed by atoms with van der Waals surface area (Å²) in [6.07, 6.45) is 8.70. The summed E-state index contributed by atoms with van der Waals surface area (Å²) in [6.45, 7) is 6.68. The standard InChI is InChI=1S/C14H24N2/c1-4-5-6-14(16-12(2)3)11-13-7-9-15-10-8-13/h7-10,12,14,16H,4-6,11H2,1-3H3. The Morgan fingerprint density at radius 2 is 1.94 bits per heavy atom. The van der Waals surface area contributed by atoms with E-state index in [0.29, 0.717) is 12.1 Å². The molecule has 0 amide bonds. The van der Waals surface area contributed by atoms with Gasteiger partial charge in [-0.1, -0.05) is 33.6 Å². The third-order valence-electron chi connectivity index (χ3n) is 2.71. The fourth-order valence-corrected chi connectivity index (χ4v) is 1.97. The lowest BCUT2D eigenvalue weighted by molar-refractivity contribution is 0.424. The van der Waals surface area contributed by atoms with Gasteiger partial charge in [-0.25, -0.2) is 0 Å². The zero-order valence-electron chi connectivity index (χ0n) is 10.7. The smallest absolute Gasteiger partial charge is 0.0270 e. The molecule has 1 N–H and O–H groups in total. The lowest BCUT2D eigenvalue weighted by Gasteiger charge is -2.21. The van der Waals surface area contributed by atoms with Crippen LogP contribution in [-0.2, 0) is 6.42 Å². The minimum Gasteiger partial charge on any atom is -0.311 e. The highest BCUT2D eigenvalue weighted by Gasteiger charge is 2.09. The van der Waals surface area contributed by atoms with Crippen LogP contribution in [0.4, 0.5) is 0 Å². The van der Waals surface area contributed by atoms with E-state index >= 15 is 0 Å². The Bertz CT molecular complexity index is 269. The molecule has 1 atom stereocenters. The van der Waals surface area contributed by atoms with Crippen molar-refractivity contribution in [3.8, 4) is 0 Å². The van der Waals surface area contributed by atoms with E-state index in [4.69, 9.17) is 0 Å². The van der Waals surface area contributed by atoms with Gasteiger partial charge in [0, 0.05) is 24.5 Å². The first-order valence-corrected chi connectivity index (χ1v) is 6.37. The predicted molar refractivity (Wildman–Crippen MR) is 69.5 cm³/mol. The Morgan fingerprint density at radius 1 is 1.25 bits per heavy atom. The van der Waals surface area contributed by atoms with Gasteiger partial charge in [0.1, 0.15) is 0 Å². The van der Waals surface area contributed by atoms with Crippen molar-refractivity contribution in [3.63, 3.8) is 0 Å². The van der Waals surface area contributed by atoms with Gasteiger partial charge in [-0.3, -0.25) is 4.98 Å². The van der Waals surface area contributed by atoms with E-state index in [1.165, 1.54) is 24.8 Å². The summed E-state index contributed by atoms with van der Waals surface area (Å²) in [6, 6.07) is 5.38. The Balaban J connectivity index is 2.49. The zero-order valence-corrected chi connectivity index (χ0v) is 10.7. The average molecular weight is 220 g/mol. The van der Waals surface area contributed by atoms with E-state index in [0.717, 1.165) is 6.42 Å². The molecule has 1 unspecified atom stereocenters. The maximum Gasteiger partial charge on any atom is 0.0270 e. The molecule has 2 heteroatoms. The normalized spacial score (nSPS) is 13.0. The lowest BCUT2D eigenvalue weighted by Crippen LogP contribution is -2.36. The molecule has 0 saturated heterocycles. The third-order valence-corrected chi connectivity index (χ3v) is 2.71. The van der Waals surface area contributed by atoms with Gasteiger partial charge in [-0.2, -0.15) is 0 Å². The van der Waals surface area contributed by atoms with Crippen molar-refractivity contribution in [2.45, 2.75) is 58.5 Å². The van der Waals surface area contributed by atoms with Crippen molar-refractivity contribution in [2.24, 2.45) is 0 Å². The molecule has 0 bridgehead atoms. The minimum absolute atomic E-state index is 0.559. The first kappa shape index (κ1) is 13.2. The van der Waals surface area contributed by atoms with Gasteiger partial charge < -0.3 is 5.32 Å². The summed E-state index contributed by atoms with van der Waals surface area (Å²) < 4.78 is 0. The highest BCUT2D eigenvalue weighted by Crippen LogP contribution is 2.09. The van der Waals surface area contributed by atoms with Gasteiger partial charge in [0.05, 0.1) is 0 Å². The van der Waals surface area contributed by atoms with Crippen LogP contribution in [0.2, 0.25) is 0 Å². The molecular weight excluding hydrogens is 196 g/mol. The molecule has 0 saturated carbocycles. The number of nitrogens with zero attached hydrogens (tertiary/aromatic N) is 1. The first-order chi connectivity index (χ1) is 7.72. The molecule has 1 aromatic heterocycles. The summed E-state index contributed by atoms with van der Waals surface area (Å²) in [5, 5.41) is 3.64. The van der Waals surface area contributed by atoms with E-state index in [1.54, 1.807) is 0 Å². The van der Waals surface area contributed by atoms with Gasteiger partial charge in [-0.05, 0) is 30.5 Å². The topological polar surface area (TPSA) is 24.9 Å². The monoisotopic (exact) mass is 220 g/mol. The molecule has 16 heavy (non-hydrogen) atoms. The highest BCUT2D eigenvalue weighted by molar-refractivity contribution is 5.11. The lowest BCUT2D eigenvalue weighted by atomic mass is 10.0. The van der Waals surface area contributed by atoms with Gasteiger partial charge in [0.15, 0.2) is 0 Å². The maximum atomic E-state index is 4.06. The Labute approximate surface area is 99.5 Å². The number of unbranched alkanes of at least 4 members (excludes halogenated alkanes) is 1. The summed E-state index contributed by atoms with van der Waals surface area (Å²) in [7, 11) is 0. The molecule has 0 aromatic carbocycles. The quantitative estimate of drug-likeness (QED) is 0.763. The van der Waals surface area contributed by atoms with Gasteiger partial charge in [-0.15, -0.1) is 0 Å². The molecule has 1 heterocycles. The molecule has 1 aromatic rings. The third kappa shape index (κ3) is 5.26. The Kier molecular flexibility index (Phi) is 6.09. The van der Waals surface area contributed by atoms with Crippen molar-refractivity contribution in [2.75, 3.05) is 0 Å². The van der Waals surface area contributed by atoms with Crippen molar-refractivity contribution in [1.82, 2.24) is 10.3 Å². The van der Waals surface area contributed by atoms with Crippen LogP contribution in [0.3, 0.4) is 0 Å². The van der Waals surface area contributed by atoms with Crippen LogP contribution in [0, 0.1) is 0 Å². The minimum atomic E-state index is 0.559. The second-order valence-corrected chi connectivity index (χ2v) is 4.72. The van der Waals surface area contributed by atoms with Gasteiger partial charge in [0.25, 0.3) is 0 Å². The molecule has 0 spiro atoms. The van der Waals surface area contributed by atoms with Crippen LogP contribution in [0.25, 0.3) is 0 Å². The van der Waals surface area contributed by atoms with E-state index in [9.17, 15) is 0 Å². The van der Waals surface area contributed by atoms with E-state index in [2.05, 4.69) is 43.2 Å². The van der Waals surface area contributed by atoms with Crippen LogP contribution >= 0.6 is 0 Å². The molecule has 1 rings (SSSR count). The summed E-state index contributed by atoms with van der Waals surface area (Å²) in [5.41, 5.74) is 1.38. The Morgan fingerprint density at radius 3 is 2.50 bits per heavy atom. The second kappa shape index (κ2) is 7.39. The molecule has 0 aliphatic heterocycles. The largest absolute Gasteiger partial charge is 0.311 e. The van der Waals surface area contributed by atoms with E-state index in [1.807, 2.05) is 12.4 Å². The van der Waals surface area contributed by atoms with Crippen LogP contribution in [0.1, 0.15) is 45.6 Å². The van der Waals surface area contributed by atoms with Crippen LogP contribution in [0.5, 0.6) is 0 Å². The molecule has 0 aliphatic carbocycles. The number of hydrogen-bond donors (Lipinski definition) is 1. The summed E-state index contributed by atoms with van der Waals surface area (Å²) in [4.78, 5) is 4.06. The predicted octanol–water partition coefficient (Wildman–Crippen LogP) is 3.18. The van der Waals surface area contributed by atoms with E-state index in [-0.39, 0.29) is 0 Å². The van der Waals surface area contributed by atoms with Gasteiger partial charge in [0.2, 0.25) is 0 Å². The zero-order chi connectivity index (χ0) is 11.8. The molecule has 90 valence electrons. The summed E-state index contributed by atoms with van der Waals surface area (Å²) in [5.74, 6) is 0. The second-order valence-electron chi connectivity index (χ2n) is 4.72. The van der Waals surface area contributed by atoms with E-state index < -0.39 is 0 Å². The molecule has 0 aliphatic rings. The number of nitrogens with one attached hydrogen (secondary N) is 1. The van der Waals surface area contributed by atoms with Crippen molar-refractivity contribution in [1.29, 1.82) is 0 Å². The maximum absolute atomic E-state index is 4.06. The fraction of sp³-hybridized carbons (Fsp3) is 0.643. The molecule has 0 fully saturated rings. The van der Waals surface area contributed by atoms with Gasteiger partial charge >= 0.3 is 0 Å². The van der Waals surface area contributed by atoms with Crippen LogP contribution < -0.4 is 5.32 Å². The molecular formula is C14H24N2. The highest BCUT2D eigenvalue weighted by atomic mass is 14.9. The SMILES string of the molecule is CCCCC(Cc1ccncc1)NC(C)C. The average Bonchev–Trinajstić information content (AvgIpc) is 2.26. The summed E-state index contributed by atoms with van der Waals surface area (Å²) >= 11 is 0. The van der Waals surface area contributed by atoms with Crippen molar-refractivity contribution in [3.05, 3.63) is 30.1 Å².